The van der Waals surface area contributed by atoms with Crippen molar-refractivity contribution in [2.75, 3.05) is 0 Å². The molecule has 0 fully saturated rings. The van der Waals surface area contributed by atoms with Crippen molar-refractivity contribution >= 4 is 102 Å². The Morgan fingerprint density at radius 1 is 0.475 bits per heavy atom. The van der Waals surface area contributed by atoms with E-state index in [1.54, 1.807) is 22.7 Å². The van der Waals surface area contributed by atoms with Gasteiger partial charge < -0.3 is 9.13 Å². The van der Waals surface area contributed by atoms with Crippen LogP contribution in [0.1, 0.15) is 101 Å². The zero-order valence-corrected chi connectivity index (χ0v) is 38.1. The van der Waals surface area contributed by atoms with Crippen LogP contribution in [-0.4, -0.2) is 20.6 Å². The number of para-hydroxylation sites is 2. The highest BCUT2D eigenvalue weighted by molar-refractivity contribution is 7.79. The summed E-state index contributed by atoms with van der Waals surface area (Å²) in [6.45, 7) is 6.66. The molecule has 0 atom stereocenters. The third-order valence-electron chi connectivity index (χ3n) is 12.6. The molecule has 61 heavy (non-hydrogen) atoms. The number of thiophene rings is 2. The molecule has 4 heterocycles. The molecule has 1 N–H and O–H groups in total. The summed E-state index contributed by atoms with van der Waals surface area (Å²) in [7, 11) is 0. The van der Waals surface area contributed by atoms with E-state index in [1.807, 2.05) is 0 Å². The van der Waals surface area contributed by atoms with Crippen molar-refractivity contribution in [1.82, 2.24) is 9.13 Å². The normalized spacial score (nSPS) is 14.0. The first-order chi connectivity index (χ1) is 30.1. The molecule has 0 bridgehead atoms. The molecule has 0 saturated heterocycles. The second-order valence-electron chi connectivity index (χ2n) is 16.6. The van der Waals surface area contributed by atoms with Gasteiger partial charge >= 0.3 is 0 Å². The molecule has 0 radical (unpaired) electrons. The Bertz CT molecular complexity index is 2940. The largest absolute Gasteiger partial charge is 0.340 e. The molecular weight excluding hydrogens is 801 g/mol. The Kier molecular flexibility index (Phi) is 12.9. The van der Waals surface area contributed by atoms with Gasteiger partial charge in [0.05, 0.1) is 5.71 Å². The van der Waals surface area contributed by atoms with Crippen LogP contribution in [0.15, 0.2) is 126 Å². The summed E-state index contributed by atoms with van der Waals surface area (Å²) in [6.07, 6.45) is 19.8. The van der Waals surface area contributed by atoms with Crippen molar-refractivity contribution in [3.05, 3.63) is 131 Å². The van der Waals surface area contributed by atoms with Gasteiger partial charge in [-0.3, -0.25) is 5.41 Å². The lowest BCUT2D eigenvalue weighted by molar-refractivity contribution is 0.571. The van der Waals surface area contributed by atoms with Gasteiger partial charge in [0.1, 0.15) is 5.71 Å². The average molecular weight is 857 g/mol. The van der Waals surface area contributed by atoms with Gasteiger partial charge in [-0.05, 0) is 97.4 Å². The first-order valence-electron chi connectivity index (χ1n) is 22.5. The predicted octanol–water partition coefficient (Wildman–Crippen LogP) is 16.9. The first kappa shape index (κ1) is 41.4. The van der Waals surface area contributed by atoms with E-state index in [2.05, 4.69) is 162 Å². The second-order valence-corrected chi connectivity index (χ2v) is 19.0. The van der Waals surface area contributed by atoms with E-state index in [1.165, 1.54) is 142 Å². The number of aryl methyl sites for hydroxylation is 2. The van der Waals surface area contributed by atoms with Gasteiger partial charge in [-0.1, -0.05) is 139 Å². The second kappa shape index (κ2) is 19.0. The summed E-state index contributed by atoms with van der Waals surface area (Å²) >= 11 is 7.93. The lowest BCUT2D eigenvalue weighted by Crippen LogP contribution is -2.18. The highest BCUT2D eigenvalue weighted by Gasteiger charge is 2.25. The Morgan fingerprint density at radius 3 is 1.41 bits per heavy atom. The topological polar surface area (TPSA) is 46.1 Å². The summed E-state index contributed by atoms with van der Waals surface area (Å²) in [4.78, 5) is 4.55. The molecule has 4 aromatic heterocycles. The summed E-state index contributed by atoms with van der Waals surface area (Å²) in [6, 6.07) is 40.4. The Balaban J connectivity index is 0.953. The fraction of sp³-hybridized carbons (Fsp3) is 0.296. The van der Waals surface area contributed by atoms with Crippen LogP contribution in [0.5, 0.6) is 0 Å². The predicted molar refractivity (Wildman–Crippen MR) is 272 cm³/mol. The van der Waals surface area contributed by atoms with Crippen LogP contribution < -0.4 is 0 Å². The number of rotatable bonds is 18. The molecule has 0 amide bonds. The van der Waals surface area contributed by atoms with Gasteiger partial charge in [0.25, 0.3) is 0 Å². The molecule has 0 saturated carbocycles. The minimum absolute atomic E-state index is 0.406. The number of nitrogens with one attached hydrogen (secondary N) is 1. The van der Waals surface area contributed by atoms with Crippen molar-refractivity contribution in [1.29, 1.82) is 5.41 Å². The maximum absolute atomic E-state index is 9.39. The maximum Gasteiger partial charge on any atom is 0.105 e. The number of unbranched alkanes of at least 4 members (excludes halogenated alkanes) is 10. The van der Waals surface area contributed by atoms with Gasteiger partial charge in [-0.2, -0.15) is 0 Å². The van der Waals surface area contributed by atoms with Crippen molar-refractivity contribution in [3.8, 4) is 20.9 Å². The van der Waals surface area contributed by atoms with Crippen LogP contribution >= 0.6 is 35.5 Å². The molecule has 1 aliphatic rings. The van der Waals surface area contributed by atoms with Gasteiger partial charge in [0, 0.05) is 87.4 Å². The number of fused-ring (bicyclic) bond motifs is 6. The highest BCUT2D eigenvalue weighted by Crippen LogP contribution is 2.41. The number of nitrogens with zero attached hydrogens (tertiary/aromatic N) is 3. The SMILES string of the molecule is CCCCCCCCn1c2ccccc2c2cc(-c3ccc(C4=CC=C(c5ccc(-c6ccc7c(c6)c6ccccc6n7CCCCCCCC)s5)/C(=N/S)C4=N)s3)ccc21. The number of hydrogen-bond acceptors (Lipinski definition) is 5. The first-order valence-corrected chi connectivity index (χ1v) is 24.6. The van der Waals surface area contributed by atoms with Crippen LogP contribution in [0.3, 0.4) is 0 Å². The Labute approximate surface area is 374 Å². The van der Waals surface area contributed by atoms with Gasteiger partial charge in [-0.15, -0.1) is 22.7 Å². The highest BCUT2D eigenvalue weighted by atomic mass is 32.1. The number of hydrogen-bond donors (Lipinski definition) is 2. The number of benzene rings is 4. The van der Waals surface area contributed by atoms with Crippen LogP contribution in [0.25, 0.3) is 75.6 Å². The van der Waals surface area contributed by atoms with Crippen LogP contribution in [0.4, 0.5) is 0 Å². The van der Waals surface area contributed by atoms with Crippen molar-refractivity contribution in [3.63, 3.8) is 0 Å². The molecule has 1 aliphatic carbocycles. The number of allylic oxidation sites excluding steroid dienone is 4. The quantitative estimate of drug-likeness (QED) is 0.0491. The zero-order valence-electron chi connectivity index (χ0n) is 35.6. The minimum atomic E-state index is 0.406. The van der Waals surface area contributed by atoms with E-state index >= 15 is 0 Å². The number of aromatic nitrogens is 2. The molecule has 4 aromatic carbocycles. The third-order valence-corrected chi connectivity index (χ3v) is 15.1. The van der Waals surface area contributed by atoms with Gasteiger partial charge in [0.2, 0.25) is 0 Å². The van der Waals surface area contributed by atoms with Gasteiger partial charge in [0.15, 0.2) is 0 Å². The molecule has 0 aliphatic heterocycles. The van der Waals surface area contributed by atoms with E-state index in [9.17, 15) is 5.41 Å². The van der Waals surface area contributed by atoms with Crippen molar-refractivity contribution < 1.29 is 0 Å². The maximum atomic E-state index is 9.39. The van der Waals surface area contributed by atoms with Crippen molar-refractivity contribution in [2.24, 2.45) is 4.40 Å². The zero-order chi connectivity index (χ0) is 41.7. The molecule has 0 unspecified atom stereocenters. The van der Waals surface area contributed by atoms with E-state index in [0.717, 1.165) is 34.0 Å². The van der Waals surface area contributed by atoms with E-state index in [4.69, 9.17) is 0 Å². The van der Waals surface area contributed by atoms with E-state index in [-0.39, 0.29) is 0 Å². The monoisotopic (exact) mass is 856 g/mol. The van der Waals surface area contributed by atoms with Crippen LogP contribution in [-0.2, 0) is 13.1 Å². The summed E-state index contributed by atoms with van der Waals surface area (Å²) in [5, 5.41) is 14.6. The fourth-order valence-corrected chi connectivity index (χ4v) is 11.6. The molecular formula is C54H56N4S3. The molecule has 0 spiro atoms. The van der Waals surface area contributed by atoms with E-state index < -0.39 is 0 Å². The smallest absolute Gasteiger partial charge is 0.105 e. The summed E-state index contributed by atoms with van der Waals surface area (Å²) < 4.78 is 9.47. The van der Waals surface area contributed by atoms with Gasteiger partial charge in [-0.25, -0.2) is 4.40 Å². The number of thiol groups is 1. The van der Waals surface area contributed by atoms with Crippen molar-refractivity contribution in [2.45, 2.75) is 104 Å². The third kappa shape index (κ3) is 8.37. The molecule has 8 aromatic rings. The molecule has 9 rings (SSSR count). The Morgan fingerprint density at radius 2 is 0.902 bits per heavy atom. The molecule has 310 valence electrons. The minimum Gasteiger partial charge on any atom is -0.340 e. The average Bonchev–Trinajstić information content (AvgIpc) is 4.11. The standard InChI is InChI=1S/C54H56N4S3/c1-3-5-7-9-11-17-33-57-45-21-15-13-19-39(45)43-35-37(23-27-47(43)57)49-29-31-51(60-49)41-25-26-42(54(56-59)53(41)55)52-32-30-50(61-52)38-24-28-48-44(36-38)40-20-14-16-22-46(40)58(48)34-18-12-10-8-6-4-2/h13-16,19-32,35-36,55,59H,3-12,17-18,33-34H2,1-2H3/b55-53?,56-54-. The molecule has 4 nitrogen and oxygen atoms in total. The fourth-order valence-electron chi connectivity index (χ4n) is 9.37. The van der Waals surface area contributed by atoms with Crippen LogP contribution in [0.2, 0.25) is 0 Å². The summed E-state index contributed by atoms with van der Waals surface area (Å²) in [5.41, 5.74) is 10.5. The Hall–Kier alpha value is -4.95. The lowest BCUT2D eigenvalue weighted by atomic mass is 9.92. The van der Waals surface area contributed by atoms with Crippen LogP contribution in [0, 0.1) is 5.41 Å². The summed E-state index contributed by atoms with van der Waals surface area (Å²) in [5.74, 6) is 0. The lowest BCUT2D eigenvalue weighted by Gasteiger charge is -2.16. The van der Waals surface area contributed by atoms with E-state index in [0.29, 0.717) is 11.4 Å². The molecule has 7 heteroatoms.